The van der Waals surface area contributed by atoms with Crippen LogP contribution in [0.3, 0.4) is 0 Å². The van der Waals surface area contributed by atoms with Crippen LogP contribution in [0.25, 0.3) is 0 Å². The quantitative estimate of drug-likeness (QED) is 0.719. The highest BCUT2D eigenvalue weighted by Crippen LogP contribution is 2.38. The average Bonchev–Trinajstić information content (AvgIpc) is 3.01. The van der Waals surface area contributed by atoms with E-state index >= 15 is 0 Å². The largest absolute Gasteiger partial charge is 0.418 e. The lowest BCUT2D eigenvalue weighted by Crippen LogP contribution is -2.33. The zero-order chi connectivity index (χ0) is 22.1. The van der Waals surface area contributed by atoms with Gasteiger partial charge in [0.1, 0.15) is 5.92 Å². The minimum absolute atomic E-state index is 0.340. The summed E-state index contributed by atoms with van der Waals surface area (Å²) >= 11 is 0. The van der Waals surface area contributed by atoms with E-state index in [1.165, 1.54) is 23.1 Å². The smallest absolute Gasteiger partial charge is 0.344 e. The lowest BCUT2D eigenvalue weighted by Gasteiger charge is -2.20. The Labute approximate surface area is 174 Å². The molecule has 0 saturated carbocycles. The molecule has 0 radical (unpaired) electrons. The predicted molar refractivity (Wildman–Crippen MR) is 109 cm³/mol. The molecular weight excluding hydrogens is 393 g/mol. The van der Waals surface area contributed by atoms with Gasteiger partial charge in [-0.05, 0) is 41.7 Å². The number of anilines is 1. The van der Waals surface area contributed by atoms with Crippen LogP contribution < -0.4 is 5.32 Å². The Balaban J connectivity index is 1.96. The number of para-hydroxylation sites is 1. The first kappa shape index (κ1) is 21.9. The Hall–Kier alpha value is -2.83. The molecule has 4 nitrogen and oxygen atoms in total. The lowest BCUT2D eigenvalue weighted by atomic mass is 9.85. The summed E-state index contributed by atoms with van der Waals surface area (Å²) in [6, 6.07) is 10.9. The van der Waals surface area contributed by atoms with E-state index in [2.05, 4.69) is 11.4 Å². The SMILES string of the molecule is CCc1cc(CC)cc([C@H]2CN(C)C(=O)[C@@H]2C(=O)Nc2ccccc2C(F)(F)F)c1. The number of hydrogen-bond donors (Lipinski definition) is 1. The van der Waals surface area contributed by atoms with Crippen LogP contribution in [-0.2, 0) is 28.6 Å². The summed E-state index contributed by atoms with van der Waals surface area (Å²) in [6.07, 6.45) is -2.98. The normalized spacial score (nSPS) is 19.3. The zero-order valence-electron chi connectivity index (χ0n) is 17.2. The van der Waals surface area contributed by atoms with Crippen molar-refractivity contribution in [3.63, 3.8) is 0 Å². The fourth-order valence-corrected chi connectivity index (χ4v) is 3.96. The summed E-state index contributed by atoms with van der Waals surface area (Å²) in [7, 11) is 1.61. The van der Waals surface area contributed by atoms with Crippen molar-refractivity contribution < 1.29 is 22.8 Å². The third-order valence-electron chi connectivity index (χ3n) is 5.61. The van der Waals surface area contributed by atoms with E-state index in [4.69, 9.17) is 0 Å². The van der Waals surface area contributed by atoms with Gasteiger partial charge in [-0.15, -0.1) is 0 Å². The molecule has 1 aliphatic rings. The first-order chi connectivity index (χ1) is 14.2. The molecule has 0 aromatic heterocycles. The van der Waals surface area contributed by atoms with Crippen LogP contribution in [0.15, 0.2) is 42.5 Å². The molecule has 0 bridgehead atoms. The van der Waals surface area contributed by atoms with Gasteiger partial charge in [-0.1, -0.05) is 44.2 Å². The topological polar surface area (TPSA) is 49.4 Å². The number of likely N-dealkylation sites (tertiary alicyclic amines) is 1. The van der Waals surface area contributed by atoms with E-state index in [9.17, 15) is 22.8 Å². The lowest BCUT2D eigenvalue weighted by molar-refractivity contribution is -0.137. The zero-order valence-corrected chi connectivity index (χ0v) is 17.2. The standard InChI is InChI=1S/C23H25F3N2O2/c1-4-14-10-15(5-2)12-16(11-14)17-13-28(3)22(30)20(17)21(29)27-19-9-7-6-8-18(19)23(24,25)26/h6-12,17,20H,4-5,13H2,1-3H3,(H,27,29)/t17-,20+/m1/s1. The van der Waals surface area contributed by atoms with Crippen molar-refractivity contribution in [2.45, 2.75) is 38.8 Å². The van der Waals surface area contributed by atoms with Gasteiger partial charge in [0.2, 0.25) is 11.8 Å². The van der Waals surface area contributed by atoms with Gasteiger partial charge in [0, 0.05) is 19.5 Å². The van der Waals surface area contributed by atoms with Gasteiger partial charge in [-0.2, -0.15) is 13.2 Å². The molecule has 2 atom stereocenters. The third-order valence-corrected chi connectivity index (χ3v) is 5.61. The molecule has 3 rings (SSSR count). The molecule has 0 unspecified atom stereocenters. The van der Waals surface area contributed by atoms with Gasteiger partial charge in [-0.3, -0.25) is 9.59 Å². The number of rotatable bonds is 5. The molecule has 2 aromatic carbocycles. The number of aryl methyl sites for hydroxylation is 2. The number of carbonyl (C=O) groups is 2. The Morgan fingerprint density at radius 3 is 2.27 bits per heavy atom. The Bertz CT molecular complexity index is 933. The monoisotopic (exact) mass is 418 g/mol. The number of nitrogens with one attached hydrogen (secondary N) is 1. The molecule has 7 heteroatoms. The molecular formula is C23H25F3N2O2. The summed E-state index contributed by atoms with van der Waals surface area (Å²) in [4.78, 5) is 27.2. The average molecular weight is 418 g/mol. The van der Waals surface area contributed by atoms with E-state index < -0.39 is 29.5 Å². The highest BCUT2D eigenvalue weighted by atomic mass is 19.4. The van der Waals surface area contributed by atoms with Crippen molar-refractivity contribution in [3.05, 3.63) is 64.7 Å². The Morgan fingerprint density at radius 2 is 1.70 bits per heavy atom. The van der Waals surface area contributed by atoms with E-state index in [-0.39, 0.29) is 11.6 Å². The predicted octanol–water partition coefficient (Wildman–Crippen LogP) is 4.64. The van der Waals surface area contributed by atoms with Crippen LogP contribution in [0, 0.1) is 5.92 Å². The molecule has 2 amide bonds. The summed E-state index contributed by atoms with van der Waals surface area (Å²) in [6.45, 7) is 4.40. The van der Waals surface area contributed by atoms with E-state index in [0.717, 1.165) is 35.6 Å². The van der Waals surface area contributed by atoms with Gasteiger partial charge in [-0.25, -0.2) is 0 Å². The molecule has 1 N–H and O–H groups in total. The van der Waals surface area contributed by atoms with Crippen LogP contribution in [0.5, 0.6) is 0 Å². The van der Waals surface area contributed by atoms with Crippen molar-refractivity contribution in [1.82, 2.24) is 4.90 Å². The number of alkyl halides is 3. The number of nitrogens with zero attached hydrogens (tertiary/aromatic N) is 1. The maximum absolute atomic E-state index is 13.3. The first-order valence-corrected chi connectivity index (χ1v) is 10.0. The maximum atomic E-state index is 13.3. The molecule has 1 heterocycles. The molecule has 1 fully saturated rings. The summed E-state index contributed by atoms with van der Waals surface area (Å²) in [5, 5.41) is 2.36. The number of halogens is 3. The van der Waals surface area contributed by atoms with E-state index in [1.807, 2.05) is 26.0 Å². The van der Waals surface area contributed by atoms with Crippen LogP contribution >= 0.6 is 0 Å². The van der Waals surface area contributed by atoms with Crippen LogP contribution in [-0.4, -0.2) is 30.3 Å². The van der Waals surface area contributed by atoms with E-state index in [1.54, 1.807) is 7.05 Å². The maximum Gasteiger partial charge on any atom is 0.418 e. The van der Waals surface area contributed by atoms with E-state index in [0.29, 0.717) is 6.54 Å². The van der Waals surface area contributed by atoms with Crippen molar-refractivity contribution in [3.8, 4) is 0 Å². The Kier molecular flexibility index (Phi) is 6.19. The molecule has 1 saturated heterocycles. The summed E-state index contributed by atoms with van der Waals surface area (Å²) in [5.74, 6) is -2.60. The molecule has 0 spiro atoms. The van der Waals surface area contributed by atoms with Gasteiger partial charge in [0.05, 0.1) is 11.3 Å². The highest BCUT2D eigenvalue weighted by Gasteiger charge is 2.45. The number of amides is 2. The highest BCUT2D eigenvalue weighted by molar-refractivity contribution is 6.08. The van der Waals surface area contributed by atoms with Gasteiger partial charge in [0.25, 0.3) is 0 Å². The second-order valence-corrected chi connectivity index (χ2v) is 7.63. The third kappa shape index (κ3) is 4.35. The second kappa shape index (κ2) is 8.50. The van der Waals surface area contributed by atoms with Crippen molar-refractivity contribution in [2.24, 2.45) is 5.92 Å². The van der Waals surface area contributed by atoms with Crippen molar-refractivity contribution >= 4 is 17.5 Å². The number of hydrogen-bond acceptors (Lipinski definition) is 2. The minimum Gasteiger partial charge on any atom is -0.344 e. The van der Waals surface area contributed by atoms with Gasteiger partial charge < -0.3 is 10.2 Å². The number of likely N-dealkylation sites (N-methyl/N-ethyl adjacent to an activating group) is 1. The molecule has 0 aliphatic carbocycles. The van der Waals surface area contributed by atoms with Crippen LogP contribution in [0.4, 0.5) is 18.9 Å². The fourth-order valence-electron chi connectivity index (χ4n) is 3.96. The molecule has 2 aromatic rings. The van der Waals surface area contributed by atoms with Crippen molar-refractivity contribution in [1.29, 1.82) is 0 Å². The fraction of sp³-hybridized carbons (Fsp3) is 0.391. The van der Waals surface area contributed by atoms with Crippen molar-refractivity contribution in [2.75, 3.05) is 18.9 Å². The molecule has 30 heavy (non-hydrogen) atoms. The van der Waals surface area contributed by atoms with Crippen LogP contribution in [0.2, 0.25) is 0 Å². The Morgan fingerprint density at radius 1 is 1.10 bits per heavy atom. The van der Waals surface area contributed by atoms with Crippen LogP contribution in [0.1, 0.15) is 42.0 Å². The summed E-state index contributed by atoms with van der Waals surface area (Å²) < 4.78 is 39.9. The van der Waals surface area contributed by atoms with Gasteiger partial charge in [0.15, 0.2) is 0 Å². The summed E-state index contributed by atoms with van der Waals surface area (Å²) in [5.41, 5.74) is 1.80. The first-order valence-electron chi connectivity index (χ1n) is 10.0. The number of carbonyl (C=O) groups excluding carboxylic acids is 2. The number of benzene rings is 2. The molecule has 160 valence electrons. The molecule has 1 aliphatic heterocycles. The second-order valence-electron chi connectivity index (χ2n) is 7.63. The minimum atomic E-state index is -4.61. The van der Waals surface area contributed by atoms with Gasteiger partial charge >= 0.3 is 6.18 Å².